The molecule has 1 atom stereocenters. The van der Waals surface area contributed by atoms with Crippen LogP contribution in [0.2, 0.25) is 0 Å². The van der Waals surface area contributed by atoms with E-state index < -0.39 is 0 Å². The monoisotopic (exact) mass is 219 g/mol. The molecule has 0 saturated heterocycles. The number of aromatic nitrogens is 4. The normalized spacial score (nSPS) is 13.1. The molecular weight excluding hydrogens is 202 g/mol. The zero-order valence-corrected chi connectivity index (χ0v) is 9.50. The summed E-state index contributed by atoms with van der Waals surface area (Å²) in [6.45, 7) is 2.97. The quantitative estimate of drug-likeness (QED) is 0.815. The predicted molar refractivity (Wildman–Crippen MR) is 61.9 cm³/mol. The van der Waals surface area contributed by atoms with Gasteiger partial charge in [0.05, 0.1) is 0 Å². The summed E-state index contributed by atoms with van der Waals surface area (Å²) in [7, 11) is 0. The highest BCUT2D eigenvalue weighted by atomic mass is 15.3. The Morgan fingerprint density at radius 3 is 3.06 bits per heavy atom. The van der Waals surface area contributed by atoms with Crippen molar-refractivity contribution in [1.82, 2.24) is 19.6 Å². The maximum Gasteiger partial charge on any atom is 0.163 e. The number of rotatable bonds is 5. The molecule has 0 fully saturated rings. The van der Waals surface area contributed by atoms with Gasteiger partial charge < -0.3 is 5.73 Å². The Bertz CT molecular complexity index is 450. The third-order valence-electron chi connectivity index (χ3n) is 2.80. The van der Waals surface area contributed by atoms with E-state index >= 15 is 0 Å². The van der Waals surface area contributed by atoms with Crippen LogP contribution in [0.1, 0.15) is 25.6 Å². The zero-order valence-electron chi connectivity index (χ0n) is 9.50. The van der Waals surface area contributed by atoms with Crippen molar-refractivity contribution >= 4 is 5.65 Å². The fraction of sp³-hybridized carbons (Fsp3) is 0.545. The maximum absolute atomic E-state index is 5.53. The van der Waals surface area contributed by atoms with Crippen LogP contribution in [0.5, 0.6) is 0 Å². The van der Waals surface area contributed by atoms with Gasteiger partial charge in [-0.3, -0.25) is 4.40 Å². The third kappa shape index (κ3) is 2.36. The van der Waals surface area contributed by atoms with Crippen molar-refractivity contribution in [1.29, 1.82) is 0 Å². The summed E-state index contributed by atoms with van der Waals surface area (Å²) >= 11 is 0. The van der Waals surface area contributed by atoms with Crippen molar-refractivity contribution in [2.45, 2.75) is 26.2 Å². The first-order valence-electron chi connectivity index (χ1n) is 5.65. The van der Waals surface area contributed by atoms with Crippen LogP contribution >= 0.6 is 0 Å². The van der Waals surface area contributed by atoms with E-state index in [1.54, 1.807) is 12.5 Å². The molecule has 2 aromatic heterocycles. The summed E-state index contributed by atoms with van der Waals surface area (Å²) in [6.07, 6.45) is 6.57. The standard InChI is InChI=1S/C11H17N5/c1-9(4-6-12)2-3-10-14-15-11-5-7-13-8-16(10)11/h5,7-9H,2-4,6,12H2,1H3. The second-order valence-corrected chi connectivity index (χ2v) is 4.15. The summed E-state index contributed by atoms with van der Waals surface area (Å²) in [5.41, 5.74) is 6.38. The van der Waals surface area contributed by atoms with Gasteiger partial charge in [-0.25, -0.2) is 4.98 Å². The fourth-order valence-electron chi connectivity index (χ4n) is 1.77. The van der Waals surface area contributed by atoms with Gasteiger partial charge in [0.2, 0.25) is 0 Å². The topological polar surface area (TPSA) is 69.1 Å². The van der Waals surface area contributed by atoms with E-state index in [4.69, 9.17) is 5.73 Å². The third-order valence-corrected chi connectivity index (χ3v) is 2.80. The summed E-state index contributed by atoms with van der Waals surface area (Å²) in [4.78, 5) is 4.07. The lowest BCUT2D eigenvalue weighted by Gasteiger charge is -2.07. The lowest BCUT2D eigenvalue weighted by atomic mass is 10.0. The van der Waals surface area contributed by atoms with Crippen LogP contribution in [-0.4, -0.2) is 26.1 Å². The minimum absolute atomic E-state index is 0.633. The number of fused-ring (bicyclic) bond motifs is 1. The van der Waals surface area contributed by atoms with Gasteiger partial charge in [0.25, 0.3) is 0 Å². The van der Waals surface area contributed by atoms with Crippen LogP contribution in [0.3, 0.4) is 0 Å². The average molecular weight is 219 g/mol. The van der Waals surface area contributed by atoms with E-state index in [1.165, 1.54) is 0 Å². The summed E-state index contributed by atoms with van der Waals surface area (Å²) in [5.74, 6) is 1.61. The van der Waals surface area contributed by atoms with E-state index in [0.29, 0.717) is 5.92 Å². The Hall–Kier alpha value is -1.49. The van der Waals surface area contributed by atoms with Crippen LogP contribution in [0.4, 0.5) is 0 Å². The number of hydrogen-bond acceptors (Lipinski definition) is 4. The Kier molecular flexibility index (Phi) is 3.46. The van der Waals surface area contributed by atoms with Crippen LogP contribution in [0.15, 0.2) is 18.6 Å². The zero-order chi connectivity index (χ0) is 11.4. The lowest BCUT2D eigenvalue weighted by molar-refractivity contribution is 0.492. The molecule has 1 unspecified atom stereocenters. The lowest BCUT2D eigenvalue weighted by Crippen LogP contribution is -2.07. The van der Waals surface area contributed by atoms with Gasteiger partial charge in [0.1, 0.15) is 12.2 Å². The van der Waals surface area contributed by atoms with E-state index in [1.807, 2.05) is 10.5 Å². The highest BCUT2D eigenvalue weighted by Crippen LogP contribution is 2.11. The van der Waals surface area contributed by atoms with Gasteiger partial charge >= 0.3 is 0 Å². The first-order chi connectivity index (χ1) is 7.81. The van der Waals surface area contributed by atoms with Crippen molar-refractivity contribution < 1.29 is 0 Å². The molecule has 0 saturated carbocycles. The van der Waals surface area contributed by atoms with Crippen LogP contribution in [0, 0.1) is 5.92 Å². The molecule has 0 radical (unpaired) electrons. The van der Waals surface area contributed by atoms with E-state index in [-0.39, 0.29) is 0 Å². The molecule has 0 bridgehead atoms. The molecule has 0 amide bonds. The molecule has 86 valence electrons. The highest BCUT2D eigenvalue weighted by molar-refractivity contribution is 5.35. The Labute approximate surface area is 94.7 Å². The first-order valence-corrected chi connectivity index (χ1v) is 5.65. The molecule has 0 aliphatic carbocycles. The summed E-state index contributed by atoms with van der Waals surface area (Å²) in [5, 5.41) is 8.26. The van der Waals surface area contributed by atoms with Crippen LogP contribution in [0.25, 0.3) is 5.65 Å². The number of hydrogen-bond donors (Lipinski definition) is 1. The van der Waals surface area contributed by atoms with E-state index in [2.05, 4.69) is 22.1 Å². The molecule has 2 aromatic rings. The smallest absolute Gasteiger partial charge is 0.163 e. The Morgan fingerprint density at radius 1 is 1.38 bits per heavy atom. The summed E-state index contributed by atoms with van der Waals surface area (Å²) < 4.78 is 1.94. The SMILES string of the molecule is CC(CCN)CCc1nnc2ccncn12. The molecular formula is C11H17N5. The molecule has 0 spiro atoms. The van der Waals surface area contributed by atoms with Crippen LogP contribution in [-0.2, 0) is 6.42 Å². The van der Waals surface area contributed by atoms with Crippen molar-refractivity contribution in [3.05, 3.63) is 24.4 Å². The predicted octanol–water partition coefficient (Wildman–Crippen LogP) is 1.04. The van der Waals surface area contributed by atoms with Gasteiger partial charge in [0, 0.05) is 18.7 Å². The Balaban J connectivity index is 2.04. The molecule has 0 aromatic carbocycles. The van der Waals surface area contributed by atoms with Crippen molar-refractivity contribution in [3.8, 4) is 0 Å². The number of aryl methyl sites for hydroxylation is 1. The molecule has 16 heavy (non-hydrogen) atoms. The second kappa shape index (κ2) is 5.03. The molecule has 5 heteroatoms. The van der Waals surface area contributed by atoms with E-state index in [0.717, 1.165) is 37.3 Å². The molecule has 2 rings (SSSR count). The summed E-state index contributed by atoms with van der Waals surface area (Å²) in [6, 6.07) is 1.86. The molecule has 5 nitrogen and oxygen atoms in total. The Morgan fingerprint density at radius 2 is 2.25 bits per heavy atom. The molecule has 2 N–H and O–H groups in total. The van der Waals surface area contributed by atoms with Gasteiger partial charge in [-0.15, -0.1) is 10.2 Å². The largest absolute Gasteiger partial charge is 0.330 e. The van der Waals surface area contributed by atoms with Crippen molar-refractivity contribution in [2.24, 2.45) is 11.7 Å². The van der Waals surface area contributed by atoms with Crippen LogP contribution < -0.4 is 5.73 Å². The first kappa shape index (κ1) is 11.0. The van der Waals surface area contributed by atoms with Gasteiger partial charge in [-0.05, 0) is 25.3 Å². The van der Waals surface area contributed by atoms with Crippen molar-refractivity contribution in [2.75, 3.05) is 6.54 Å². The van der Waals surface area contributed by atoms with Crippen molar-refractivity contribution in [3.63, 3.8) is 0 Å². The average Bonchev–Trinajstić information content (AvgIpc) is 2.70. The van der Waals surface area contributed by atoms with Gasteiger partial charge in [-0.2, -0.15) is 0 Å². The minimum Gasteiger partial charge on any atom is -0.330 e. The maximum atomic E-state index is 5.53. The molecule has 0 aliphatic heterocycles. The minimum atomic E-state index is 0.633. The fourth-order valence-corrected chi connectivity index (χ4v) is 1.77. The van der Waals surface area contributed by atoms with Gasteiger partial charge in [-0.1, -0.05) is 6.92 Å². The number of nitrogens with two attached hydrogens (primary N) is 1. The molecule has 0 aliphatic rings. The highest BCUT2D eigenvalue weighted by Gasteiger charge is 2.07. The number of nitrogens with zero attached hydrogens (tertiary/aromatic N) is 4. The van der Waals surface area contributed by atoms with Gasteiger partial charge in [0.15, 0.2) is 5.65 Å². The molecule has 2 heterocycles. The second-order valence-electron chi connectivity index (χ2n) is 4.15. The van der Waals surface area contributed by atoms with E-state index in [9.17, 15) is 0 Å².